The molecule has 3 aromatic heterocycles. The lowest BCUT2D eigenvalue weighted by Crippen LogP contribution is -2.39. The molecule has 0 fully saturated rings. The summed E-state index contributed by atoms with van der Waals surface area (Å²) in [6.07, 6.45) is 7.11. The van der Waals surface area contributed by atoms with Crippen LogP contribution in [0.2, 0.25) is 0 Å². The Bertz CT molecular complexity index is 1460. The Morgan fingerprint density at radius 1 is 0.815 bits per heavy atom. The van der Waals surface area contributed by atoms with E-state index in [1.807, 2.05) is 0 Å². The molecule has 0 spiro atoms. The maximum Gasteiger partial charge on any atom is 0.188 e. The summed E-state index contributed by atoms with van der Waals surface area (Å²) in [5, 5.41) is 6.80. The lowest BCUT2D eigenvalue weighted by Gasteiger charge is -2.18. The smallest absolute Gasteiger partial charge is 0.188 e. The van der Waals surface area contributed by atoms with Gasteiger partial charge in [0.1, 0.15) is 7.05 Å². The van der Waals surface area contributed by atoms with Crippen molar-refractivity contribution in [3.05, 3.63) is 83.1 Å². The number of hydrogen-bond acceptors (Lipinski definition) is 0. The molecule has 2 atom stereocenters. The van der Waals surface area contributed by atoms with Crippen molar-refractivity contribution in [1.29, 1.82) is 0 Å². The minimum atomic E-state index is 0.390. The quantitative estimate of drug-likeness (QED) is 0.410. The van der Waals surface area contributed by atoms with Crippen molar-refractivity contribution in [2.75, 3.05) is 0 Å². The summed E-state index contributed by atoms with van der Waals surface area (Å²) >= 11 is 0. The lowest BCUT2D eigenvalue weighted by atomic mass is 9.86. The molecule has 6 rings (SSSR count). The lowest BCUT2D eigenvalue weighted by molar-refractivity contribution is -0.680. The molecule has 2 unspecified atom stereocenters. The van der Waals surface area contributed by atoms with Gasteiger partial charge in [-0.2, -0.15) is 0 Å². The van der Waals surface area contributed by atoms with E-state index in [1.54, 1.807) is 0 Å². The van der Waals surface area contributed by atoms with Gasteiger partial charge in [0.2, 0.25) is 0 Å². The Balaban J connectivity index is 1.78. The number of para-hydroxylation sites is 2. The van der Waals surface area contributed by atoms with Crippen LogP contribution in [-0.4, -0.2) is 4.40 Å². The first-order chi connectivity index (χ1) is 13.2. The molecule has 0 saturated carbocycles. The number of rotatable bonds is 1. The second-order valence-corrected chi connectivity index (χ2v) is 7.81. The monoisotopic (exact) mass is 349 g/mol. The van der Waals surface area contributed by atoms with E-state index in [1.165, 1.54) is 43.5 Å². The largest absolute Gasteiger partial charge is 0.308 e. The first-order valence-corrected chi connectivity index (χ1v) is 9.65. The number of aromatic nitrogens is 2. The number of aryl methyl sites for hydroxylation is 1. The number of hydrogen-bond donors (Lipinski definition) is 0. The molecule has 27 heavy (non-hydrogen) atoms. The third-order valence-electron chi connectivity index (χ3n) is 6.27. The maximum absolute atomic E-state index is 2.49. The number of pyridine rings is 1. The zero-order valence-corrected chi connectivity index (χ0v) is 15.6. The van der Waals surface area contributed by atoms with Gasteiger partial charge in [-0.25, -0.2) is 4.57 Å². The highest BCUT2D eigenvalue weighted by molar-refractivity contribution is 6.14. The molecule has 0 amide bonds. The van der Waals surface area contributed by atoms with E-state index in [0.717, 1.165) is 0 Å². The predicted molar refractivity (Wildman–Crippen MR) is 111 cm³/mol. The summed E-state index contributed by atoms with van der Waals surface area (Å²) in [6, 6.07) is 22.0. The molecule has 1 aliphatic rings. The molecule has 0 aliphatic heterocycles. The van der Waals surface area contributed by atoms with Crippen LogP contribution in [0.25, 0.3) is 39.3 Å². The summed E-state index contributed by atoms with van der Waals surface area (Å²) in [5.74, 6) is 0.837. The number of fused-ring (bicyclic) bond motifs is 6. The summed E-state index contributed by atoms with van der Waals surface area (Å²) in [5.41, 5.74) is 4.04. The van der Waals surface area contributed by atoms with Gasteiger partial charge in [-0.05, 0) is 12.0 Å². The van der Waals surface area contributed by atoms with E-state index in [0.29, 0.717) is 11.8 Å². The van der Waals surface area contributed by atoms with E-state index < -0.39 is 0 Å². The molecular formula is C25H21N2+. The zero-order chi connectivity index (χ0) is 18.1. The molecule has 2 heteroatoms. The second-order valence-electron chi connectivity index (χ2n) is 7.81. The highest BCUT2D eigenvalue weighted by Gasteiger charge is 2.27. The van der Waals surface area contributed by atoms with Crippen LogP contribution >= 0.6 is 0 Å². The molecule has 1 aliphatic carbocycles. The summed E-state index contributed by atoms with van der Waals surface area (Å²) < 4.78 is 4.73. The number of nitrogens with zero attached hydrogens (tertiary/aromatic N) is 2. The van der Waals surface area contributed by atoms with Crippen LogP contribution < -0.4 is 15.1 Å². The molecule has 0 N–H and O–H groups in total. The summed E-state index contributed by atoms with van der Waals surface area (Å²) in [6.45, 7) is 2.34. The van der Waals surface area contributed by atoms with Crippen molar-refractivity contribution in [2.24, 2.45) is 13.0 Å². The third kappa shape index (κ3) is 1.88. The van der Waals surface area contributed by atoms with Gasteiger partial charge in [0.15, 0.2) is 11.9 Å². The van der Waals surface area contributed by atoms with Gasteiger partial charge in [-0.1, -0.05) is 61.5 Å². The van der Waals surface area contributed by atoms with Gasteiger partial charge in [-0.3, -0.25) is 0 Å². The Hall–Kier alpha value is -3.13. The van der Waals surface area contributed by atoms with Crippen LogP contribution in [0.4, 0.5) is 0 Å². The SMILES string of the molecule is CC1C=c2c(c3cccc4c5ccccc5n2c34)=CC1c1cccc[n+]1C. The first kappa shape index (κ1) is 15.0. The van der Waals surface area contributed by atoms with Gasteiger partial charge in [-0.15, -0.1) is 0 Å². The van der Waals surface area contributed by atoms with E-state index >= 15 is 0 Å². The van der Waals surface area contributed by atoms with Crippen molar-refractivity contribution in [1.82, 2.24) is 4.40 Å². The Kier molecular flexibility index (Phi) is 2.88. The Labute approximate surface area is 157 Å². The van der Waals surface area contributed by atoms with Crippen LogP contribution in [-0.2, 0) is 7.05 Å². The molecule has 0 saturated heterocycles. The standard InChI is InChI=1S/C25H21N2/c1-16-14-24-21(15-20(16)22-11-5-6-13-26(22)2)19-10-7-9-18-17-8-3-4-12-23(17)27(24)25(18)19/h3-16,20H,1-2H3/q+1. The van der Waals surface area contributed by atoms with E-state index in [9.17, 15) is 0 Å². The van der Waals surface area contributed by atoms with Crippen LogP contribution in [0.15, 0.2) is 66.9 Å². The van der Waals surface area contributed by atoms with Crippen molar-refractivity contribution in [3.8, 4) is 0 Å². The predicted octanol–water partition coefficient (Wildman–Crippen LogP) is 3.50. The highest BCUT2D eigenvalue weighted by Crippen LogP contribution is 2.32. The van der Waals surface area contributed by atoms with Crippen molar-refractivity contribution in [2.45, 2.75) is 12.8 Å². The maximum atomic E-state index is 2.49. The zero-order valence-electron chi connectivity index (χ0n) is 15.6. The van der Waals surface area contributed by atoms with Gasteiger partial charge in [0.25, 0.3) is 0 Å². The van der Waals surface area contributed by atoms with Gasteiger partial charge in [0.05, 0.1) is 22.3 Å². The first-order valence-electron chi connectivity index (χ1n) is 9.65. The van der Waals surface area contributed by atoms with Gasteiger partial charge >= 0.3 is 0 Å². The molecule has 3 heterocycles. The molecular weight excluding hydrogens is 328 g/mol. The third-order valence-corrected chi connectivity index (χ3v) is 6.27. The number of benzene rings is 2. The minimum Gasteiger partial charge on any atom is -0.308 e. The van der Waals surface area contributed by atoms with Crippen molar-refractivity contribution < 1.29 is 4.57 Å². The molecule has 5 aromatic rings. The van der Waals surface area contributed by atoms with E-state index in [-0.39, 0.29) is 0 Å². The Morgan fingerprint density at radius 3 is 2.48 bits per heavy atom. The van der Waals surface area contributed by atoms with Gasteiger partial charge in [0, 0.05) is 33.5 Å². The second kappa shape index (κ2) is 5.20. The van der Waals surface area contributed by atoms with Crippen LogP contribution in [0.3, 0.4) is 0 Å². The molecule has 0 radical (unpaired) electrons. The average Bonchev–Trinajstić information content (AvgIpc) is 3.19. The molecule has 2 nitrogen and oxygen atoms in total. The fourth-order valence-electron chi connectivity index (χ4n) is 5.01. The molecule has 2 aromatic carbocycles. The average molecular weight is 349 g/mol. The molecule has 0 bridgehead atoms. The molecule has 130 valence electrons. The summed E-state index contributed by atoms with van der Waals surface area (Å²) in [4.78, 5) is 0. The van der Waals surface area contributed by atoms with E-state index in [2.05, 4.69) is 102 Å². The fraction of sp³-hybridized carbons (Fsp3) is 0.160. The van der Waals surface area contributed by atoms with Crippen LogP contribution in [0.1, 0.15) is 18.5 Å². The topological polar surface area (TPSA) is 8.29 Å². The summed E-state index contributed by atoms with van der Waals surface area (Å²) in [7, 11) is 2.15. The van der Waals surface area contributed by atoms with Crippen LogP contribution in [0.5, 0.6) is 0 Å². The minimum absolute atomic E-state index is 0.390. The fourth-order valence-corrected chi connectivity index (χ4v) is 5.01. The van der Waals surface area contributed by atoms with E-state index in [4.69, 9.17) is 0 Å². The van der Waals surface area contributed by atoms with Gasteiger partial charge < -0.3 is 4.40 Å². The van der Waals surface area contributed by atoms with Crippen molar-refractivity contribution in [3.63, 3.8) is 0 Å². The Morgan fingerprint density at radius 2 is 1.59 bits per heavy atom. The van der Waals surface area contributed by atoms with Crippen LogP contribution in [0, 0.1) is 5.92 Å². The van der Waals surface area contributed by atoms with Crippen molar-refractivity contribution >= 4 is 39.3 Å². The normalized spacial score (nSPS) is 19.3. The highest BCUT2D eigenvalue weighted by atomic mass is 14.9.